The molecule has 1 aromatic heterocycles. The van der Waals surface area contributed by atoms with Crippen molar-refractivity contribution < 1.29 is 9.53 Å². The molecule has 0 saturated carbocycles. The predicted octanol–water partition coefficient (Wildman–Crippen LogP) is 3.91. The molecule has 32 heavy (non-hydrogen) atoms. The molecule has 2 aliphatic heterocycles. The van der Waals surface area contributed by atoms with Gasteiger partial charge in [-0.2, -0.15) is 0 Å². The molecule has 0 spiro atoms. The van der Waals surface area contributed by atoms with Gasteiger partial charge >= 0.3 is 0 Å². The molecule has 2 aromatic carbocycles. The van der Waals surface area contributed by atoms with Crippen molar-refractivity contribution >= 4 is 57.2 Å². The van der Waals surface area contributed by atoms with Gasteiger partial charge in [0.25, 0.3) is 5.91 Å². The standard InChI is InChI=1S/C23H22ClN5O2S/c24-17-3-1-2-4-18(17)26-23-27-22(30)21(32-23)14-16-5-6-19-20(13-16)29(15-25-19)8-7-28-9-11-31-12-10-28/h1-6,13-15H,7-12H2,(H,26,27,30)/b21-14+. The van der Waals surface area contributed by atoms with Crippen molar-refractivity contribution in [2.75, 3.05) is 32.8 Å². The quantitative estimate of drug-likeness (QED) is 0.576. The Labute approximate surface area is 195 Å². The fourth-order valence-electron chi connectivity index (χ4n) is 3.70. The van der Waals surface area contributed by atoms with Gasteiger partial charge in [0, 0.05) is 26.2 Å². The van der Waals surface area contributed by atoms with E-state index in [0.717, 1.165) is 56.0 Å². The molecule has 5 rings (SSSR count). The molecule has 0 bridgehead atoms. The molecule has 7 nitrogen and oxygen atoms in total. The van der Waals surface area contributed by atoms with Crippen molar-refractivity contribution in [1.29, 1.82) is 0 Å². The first-order valence-corrected chi connectivity index (χ1v) is 11.6. The highest BCUT2D eigenvalue weighted by molar-refractivity contribution is 8.18. The first kappa shape index (κ1) is 21.2. The van der Waals surface area contributed by atoms with Crippen molar-refractivity contribution in [2.24, 2.45) is 4.99 Å². The minimum Gasteiger partial charge on any atom is -0.379 e. The molecule has 3 aromatic rings. The molecular formula is C23H22ClN5O2S. The first-order valence-electron chi connectivity index (χ1n) is 10.4. The van der Waals surface area contributed by atoms with Crippen LogP contribution in [0.4, 0.5) is 5.69 Å². The van der Waals surface area contributed by atoms with Gasteiger partial charge in [0.2, 0.25) is 0 Å². The van der Waals surface area contributed by atoms with E-state index in [-0.39, 0.29) is 5.91 Å². The number of halogens is 1. The van der Waals surface area contributed by atoms with Gasteiger partial charge in [-0.25, -0.2) is 9.98 Å². The number of imidazole rings is 1. The Kier molecular flexibility index (Phi) is 6.27. The summed E-state index contributed by atoms with van der Waals surface area (Å²) in [4.78, 5) is 24.5. The van der Waals surface area contributed by atoms with Crippen molar-refractivity contribution in [2.45, 2.75) is 6.54 Å². The highest BCUT2D eigenvalue weighted by atomic mass is 35.5. The zero-order valence-corrected chi connectivity index (χ0v) is 18.9. The summed E-state index contributed by atoms with van der Waals surface area (Å²) in [5, 5.41) is 3.88. The van der Waals surface area contributed by atoms with Crippen LogP contribution in [-0.4, -0.2) is 58.4 Å². The van der Waals surface area contributed by atoms with E-state index in [1.807, 2.05) is 42.7 Å². The largest absolute Gasteiger partial charge is 0.379 e. The van der Waals surface area contributed by atoms with Crippen LogP contribution >= 0.6 is 23.4 Å². The van der Waals surface area contributed by atoms with Crippen LogP contribution in [0.5, 0.6) is 0 Å². The predicted molar refractivity (Wildman–Crippen MR) is 129 cm³/mol. The van der Waals surface area contributed by atoms with Gasteiger partial charge in [0.1, 0.15) is 0 Å². The summed E-state index contributed by atoms with van der Waals surface area (Å²) >= 11 is 7.49. The number of para-hydroxylation sites is 1. The Hall–Kier alpha value is -2.65. The van der Waals surface area contributed by atoms with E-state index in [9.17, 15) is 4.79 Å². The Morgan fingerprint density at radius 1 is 1.19 bits per heavy atom. The monoisotopic (exact) mass is 467 g/mol. The van der Waals surface area contributed by atoms with E-state index < -0.39 is 0 Å². The number of hydrogen-bond donors (Lipinski definition) is 1. The van der Waals surface area contributed by atoms with Crippen molar-refractivity contribution in [3.05, 3.63) is 64.3 Å². The summed E-state index contributed by atoms with van der Waals surface area (Å²) in [6.45, 7) is 5.34. The van der Waals surface area contributed by atoms with Gasteiger partial charge < -0.3 is 14.6 Å². The number of rotatable bonds is 5. The molecule has 9 heteroatoms. The van der Waals surface area contributed by atoms with Crippen LogP contribution in [0.3, 0.4) is 0 Å². The smallest absolute Gasteiger partial charge is 0.264 e. The summed E-state index contributed by atoms with van der Waals surface area (Å²) in [5.41, 5.74) is 3.57. The summed E-state index contributed by atoms with van der Waals surface area (Å²) in [7, 11) is 0. The van der Waals surface area contributed by atoms with Crippen molar-refractivity contribution in [3.8, 4) is 0 Å². The number of ether oxygens (including phenoxy) is 1. The third-order valence-corrected chi connectivity index (χ3v) is 6.66. The molecule has 0 aliphatic carbocycles. The summed E-state index contributed by atoms with van der Waals surface area (Å²) in [6.07, 6.45) is 3.77. The number of carbonyl (C=O) groups is 1. The lowest BCUT2D eigenvalue weighted by Gasteiger charge is -2.26. The maximum atomic E-state index is 12.5. The molecule has 0 atom stereocenters. The van der Waals surface area contributed by atoms with Crippen LogP contribution in [0, 0.1) is 0 Å². The van der Waals surface area contributed by atoms with Crippen LogP contribution in [0.25, 0.3) is 17.1 Å². The number of benzene rings is 2. The lowest BCUT2D eigenvalue weighted by Crippen LogP contribution is -2.38. The zero-order valence-electron chi connectivity index (χ0n) is 17.3. The minimum atomic E-state index is -0.165. The SMILES string of the molecule is O=C1NC(=Nc2ccccc2Cl)S/C1=C/c1ccc2ncn(CCN3CCOCC3)c2c1. The van der Waals surface area contributed by atoms with E-state index in [1.165, 1.54) is 11.8 Å². The Morgan fingerprint density at radius 3 is 2.88 bits per heavy atom. The number of nitrogens with zero attached hydrogens (tertiary/aromatic N) is 4. The lowest BCUT2D eigenvalue weighted by molar-refractivity contribution is -0.115. The number of carbonyl (C=O) groups excluding carboxylic acids is 1. The molecule has 1 amide bonds. The molecule has 3 heterocycles. The Bertz CT molecular complexity index is 1220. The Balaban J connectivity index is 1.34. The number of amides is 1. The summed E-state index contributed by atoms with van der Waals surface area (Å²) in [6, 6.07) is 13.3. The zero-order chi connectivity index (χ0) is 21.9. The number of amidine groups is 1. The average molecular weight is 468 g/mol. The number of fused-ring (bicyclic) bond motifs is 1. The normalized spacial score (nSPS) is 19.8. The van der Waals surface area contributed by atoms with Gasteiger partial charge in [-0.15, -0.1) is 0 Å². The van der Waals surface area contributed by atoms with Gasteiger partial charge in [0.05, 0.1) is 46.2 Å². The summed E-state index contributed by atoms with van der Waals surface area (Å²) < 4.78 is 7.59. The van der Waals surface area contributed by atoms with Gasteiger partial charge in [-0.1, -0.05) is 29.8 Å². The van der Waals surface area contributed by atoms with E-state index in [2.05, 4.69) is 30.8 Å². The third-order valence-electron chi connectivity index (χ3n) is 5.43. The number of aromatic nitrogens is 2. The topological polar surface area (TPSA) is 71.8 Å². The highest BCUT2D eigenvalue weighted by Crippen LogP contribution is 2.31. The average Bonchev–Trinajstić information content (AvgIpc) is 3.37. The van der Waals surface area contributed by atoms with Crippen molar-refractivity contribution in [1.82, 2.24) is 19.8 Å². The number of aliphatic imine (C=N–C) groups is 1. The second-order valence-corrected chi connectivity index (χ2v) is 9.01. The van der Waals surface area contributed by atoms with Crippen molar-refractivity contribution in [3.63, 3.8) is 0 Å². The maximum Gasteiger partial charge on any atom is 0.264 e. The van der Waals surface area contributed by atoms with Gasteiger partial charge in [-0.3, -0.25) is 9.69 Å². The fourth-order valence-corrected chi connectivity index (χ4v) is 4.71. The highest BCUT2D eigenvalue weighted by Gasteiger charge is 2.24. The van der Waals surface area contributed by atoms with Crippen LogP contribution < -0.4 is 5.32 Å². The molecule has 1 N–H and O–H groups in total. The summed E-state index contributed by atoms with van der Waals surface area (Å²) in [5.74, 6) is -0.165. The van der Waals surface area contributed by atoms with Gasteiger partial charge in [-0.05, 0) is 47.7 Å². The maximum absolute atomic E-state index is 12.5. The van der Waals surface area contributed by atoms with Crippen LogP contribution in [0.2, 0.25) is 5.02 Å². The lowest BCUT2D eigenvalue weighted by atomic mass is 10.2. The second-order valence-electron chi connectivity index (χ2n) is 7.57. The number of morpholine rings is 1. The van der Waals surface area contributed by atoms with E-state index in [0.29, 0.717) is 20.8 Å². The molecule has 0 radical (unpaired) electrons. The number of hydrogen-bond acceptors (Lipinski definition) is 6. The number of nitrogens with one attached hydrogen (secondary N) is 1. The molecule has 164 valence electrons. The second kappa shape index (κ2) is 9.46. The third kappa shape index (κ3) is 4.73. The molecule has 2 saturated heterocycles. The molecular weight excluding hydrogens is 446 g/mol. The van der Waals surface area contributed by atoms with Gasteiger partial charge in [0.15, 0.2) is 5.17 Å². The number of thioether (sulfide) groups is 1. The molecule has 2 fully saturated rings. The molecule has 0 unspecified atom stereocenters. The fraction of sp³-hybridized carbons (Fsp3) is 0.261. The van der Waals surface area contributed by atoms with E-state index >= 15 is 0 Å². The Morgan fingerprint density at radius 2 is 2.03 bits per heavy atom. The van der Waals surface area contributed by atoms with E-state index in [4.69, 9.17) is 16.3 Å². The van der Waals surface area contributed by atoms with E-state index in [1.54, 1.807) is 6.07 Å². The minimum absolute atomic E-state index is 0.165. The van der Waals surface area contributed by atoms with Crippen LogP contribution in [-0.2, 0) is 16.1 Å². The molecule has 2 aliphatic rings. The van der Waals surface area contributed by atoms with Crippen LogP contribution in [0.15, 0.2) is 58.7 Å². The van der Waals surface area contributed by atoms with Crippen LogP contribution in [0.1, 0.15) is 5.56 Å². The first-order chi connectivity index (χ1) is 15.7.